The lowest BCUT2D eigenvalue weighted by Crippen LogP contribution is -2.49. The van der Waals surface area contributed by atoms with Crippen LogP contribution >= 0.6 is 0 Å². The van der Waals surface area contributed by atoms with Gasteiger partial charge in [-0.25, -0.2) is 0 Å². The molecular weight excluding hydrogens is 232 g/mol. The molecule has 6 nitrogen and oxygen atoms in total. The standard InChI is InChI=1S/C12H18N4O2/c13-12(14)10-9-15(7-8-18-10)5-6-16-4-2-1-3-11(16)17/h1-4,10H,5-9H2,(H3,13,14). The third-order valence-electron chi connectivity index (χ3n) is 3.05. The van der Waals surface area contributed by atoms with Crippen molar-refractivity contribution in [2.45, 2.75) is 12.6 Å². The van der Waals surface area contributed by atoms with Crippen LogP contribution in [0.15, 0.2) is 29.2 Å². The van der Waals surface area contributed by atoms with E-state index in [4.69, 9.17) is 15.9 Å². The van der Waals surface area contributed by atoms with E-state index in [1.807, 2.05) is 6.07 Å². The molecule has 1 aliphatic heterocycles. The third-order valence-corrected chi connectivity index (χ3v) is 3.05. The summed E-state index contributed by atoms with van der Waals surface area (Å²) >= 11 is 0. The first-order valence-corrected chi connectivity index (χ1v) is 6.00. The van der Waals surface area contributed by atoms with Gasteiger partial charge < -0.3 is 15.0 Å². The Morgan fingerprint density at radius 2 is 2.33 bits per heavy atom. The average molecular weight is 250 g/mol. The summed E-state index contributed by atoms with van der Waals surface area (Å²) in [6, 6.07) is 5.14. The van der Waals surface area contributed by atoms with Crippen molar-refractivity contribution in [3.05, 3.63) is 34.7 Å². The van der Waals surface area contributed by atoms with Crippen LogP contribution in [0.4, 0.5) is 0 Å². The summed E-state index contributed by atoms with van der Waals surface area (Å²) in [6.07, 6.45) is 1.47. The number of nitrogens with zero attached hydrogens (tertiary/aromatic N) is 2. The average Bonchev–Trinajstić information content (AvgIpc) is 2.38. The van der Waals surface area contributed by atoms with E-state index < -0.39 is 0 Å². The molecule has 1 aromatic rings. The Kier molecular flexibility index (Phi) is 4.11. The molecule has 6 heteroatoms. The summed E-state index contributed by atoms with van der Waals surface area (Å²) in [7, 11) is 0. The van der Waals surface area contributed by atoms with Crippen LogP contribution in [-0.4, -0.2) is 47.6 Å². The van der Waals surface area contributed by atoms with Gasteiger partial charge in [0.25, 0.3) is 5.56 Å². The van der Waals surface area contributed by atoms with Gasteiger partial charge in [-0.05, 0) is 6.07 Å². The van der Waals surface area contributed by atoms with Crippen LogP contribution in [0.25, 0.3) is 0 Å². The molecule has 0 aliphatic carbocycles. The SMILES string of the molecule is N=C(N)C1CN(CCn2ccccc2=O)CCO1. The zero-order valence-corrected chi connectivity index (χ0v) is 10.2. The highest BCUT2D eigenvalue weighted by Gasteiger charge is 2.22. The predicted molar refractivity (Wildman–Crippen MR) is 68.8 cm³/mol. The van der Waals surface area contributed by atoms with Crippen LogP contribution in [0.2, 0.25) is 0 Å². The number of morpholine rings is 1. The lowest BCUT2D eigenvalue weighted by atomic mass is 10.2. The minimum absolute atomic E-state index is 0.00822. The lowest BCUT2D eigenvalue weighted by molar-refractivity contribution is 0.00443. The number of hydrogen-bond acceptors (Lipinski definition) is 4. The second-order valence-corrected chi connectivity index (χ2v) is 4.35. The van der Waals surface area contributed by atoms with Crippen LogP contribution in [-0.2, 0) is 11.3 Å². The van der Waals surface area contributed by atoms with Crippen molar-refractivity contribution in [3.8, 4) is 0 Å². The molecule has 2 rings (SSSR count). The molecule has 1 unspecified atom stereocenters. The van der Waals surface area contributed by atoms with Crippen molar-refractivity contribution in [3.63, 3.8) is 0 Å². The Hall–Kier alpha value is -1.66. The molecule has 0 amide bonds. The van der Waals surface area contributed by atoms with Crippen molar-refractivity contribution in [2.24, 2.45) is 5.73 Å². The molecule has 0 saturated carbocycles. The summed E-state index contributed by atoms with van der Waals surface area (Å²) in [5, 5.41) is 7.38. The number of amidine groups is 1. The second-order valence-electron chi connectivity index (χ2n) is 4.35. The van der Waals surface area contributed by atoms with Crippen LogP contribution in [0.1, 0.15) is 0 Å². The molecule has 2 heterocycles. The summed E-state index contributed by atoms with van der Waals surface area (Å²) < 4.78 is 7.06. The molecule has 0 bridgehead atoms. The van der Waals surface area contributed by atoms with Gasteiger partial charge in [-0.15, -0.1) is 0 Å². The largest absolute Gasteiger partial charge is 0.385 e. The van der Waals surface area contributed by atoms with Crippen molar-refractivity contribution in [1.82, 2.24) is 9.47 Å². The van der Waals surface area contributed by atoms with E-state index in [1.54, 1.807) is 22.9 Å². The highest BCUT2D eigenvalue weighted by atomic mass is 16.5. The molecule has 1 aliphatic rings. The van der Waals surface area contributed by atoms with Crippen molar-refractivity contribution >= 4 is 5.84 Å². The number of nitrogens with one attached hydrogen (secondary N) is 1. The smallest absolute Gasteiger partial charge is 0.250 e. The van der Waals surface area contributed by atoms with E-state index in [-0.39, 0.29) is 17.5 Å². The number of rotatable bonds is 4. The molecule has 0 spiro atoms. The molecule has 1 aromatic heterocycles. The van der Waals surface area contributed by atoms with Gasteiger partial charge in [0.1, 0.15) is 11.9 Å². The number of aromatic nitrogens is 1. The second kappa shape index (κ2) is 5.79. The minimum Gasteiger partial charge on any atom is -0.385 e. The van der Waals surface area contributed by atoms with Crippen LogP contribution in [0.3, 0.4) is 0 Å². The molecule has 98 valence electrons. The fourth-order valence-electron chi connectivity index (χ4n) is 1.99. The first-order valence-electron chi connectivity index (χ1n) is 6.00. The maximum absolute atomic E-state index is 11.5. The van der Waals surface area contributed by atoms with Gasteiger partial charge in [-0.2, -0.15) is 0 Å². The highest BCUT2D eigenvalue weighted by molar-refractivity contribution is 5.82. The Morgan fingerprint density at radius 1 is 1.50 bits per heavy atom. The molecule has 1 saturated heterocycles. The third kappa shape index (κ3) is 3.18. The lowest BCUT2D eigenvalue weighted by Gasteiger charge is -2.32. The maximum Gasteiger partial charge on any atom is 0.250 e. The summed E-state index contributed by atoms with van der Waals surface area (Å²) in [6.45, 7) is 3.41. The van der Waals surface area contributed by atoms with Gasteiger partial charge in [0.05, 0.1) is 6.61 Å². The summed E-state index contributed by atoms with van der Waals surface area (Å²) in [5.74, 6) is 0.0663. The summed E-state index contributed by atoms with van der Waals surface area (Å²) in [5.41, 5.74) is 5.45. The molecule has 0 aromatic carbocycles. The van der Waals surface area contributed by atoms with Crippen LogP contribution in [0, 0.1) is 5.41 Å². The van der Waals surface area contributed by atoms with Gasteiger partial charge in [-0.1, -0.05) is 6.07 Å². The monoisotopic (exact) mass is 250 g/mol. The number of nitrogens with two attached hydrogens (primary N) is 1. The topological polar surface area (TPSA) is 84.3 Å². The molecular formula is C12H18N4O2. The normalized spacial score (nSPS) is 20.8. The van der Waals surface area contributed by atoms with Crippen LogP contribution < -0.4 is 11.3 Å². The van der Waals surface area contributed by atoms with Crippen molar-refractivity contribution in [2.75, 3.05) is 26.2 Å². The first kappa shape index (κ1) is 12.8. The maximum atomic E-state index is 11.5. The predicted octanol–water partition coefficient (Wildman–Crippen LogP) is -0.515. The summed E-state index contributed by atoms with van der Waals surface area (Å²) in [4.78, 5) is 13.7. The van der Waals surface area contributed by atoms with Gasteiger partial charge in [0.2, 0.25) is 0 Å². The van der Waals surface area contributed by atoms with Crippen LogP contribution in [0.5, 0.6) is 0 Å². The first-order chi connectivity index (χ1) is 8.66. The zero-order chi connectivity index (χ0) is 13.0. The molecule has 1 atom stereocenters. The van der Waals surface area contributed by atoms with Gasteiger partial charge in [-0.3, -0.25) is 15.1 Å². The number of pyridine rings is 1. The Bertz CT molecular complexity index is 471. The molecule has 1 fully saturated rings. The Labute approximate surface area is 105 Å². The Balaban J connectivity index is 1.89. The quantitative estimate of drug-likeness (QED) is 0.556. The van der Waals surface area contributed by atoms with Crippen molar-refractivity contribution < 1.29 is 4.74 Å². The van der Waals surface area contributed by atoms with Gasteiger partial charge >= 0.3 is 0 Å². The number of ether oxygens (including phenoxy) is 1. The van der Waals surface area contributed by atoms with E-state index in [2.05, 4.69) is 4.90 Å². The van der Waals surface area contributed by atoms with E-state index in [0.29, 0.717) is 19.7 Å². The van der Waals surface area contributed by atoms with E-state index in [9.17, 15) is 4.79 Å². The van der Waals surface area contributed by atoms with Gasteiger partial charge in [0, 0.05) is 38.4 Å². The van der Waals surface area contributed by atoms with Crippen molar-refractivity contribution in [1.29, 1.82) is 5.41 Å². The Morgan fingerprint density at radius 3 is 3.06 bits per heavy atom. The molecule has 0 radical (unpaired) electrons. The fraction of sp³-hybridized carbons (Fsp3) is 0.500. The molecule has 3 N–H and O–H groups in total. The fourth-order valence-corrected chi connectivity index (χ4v) is 1.99. The highest BCUT2D eigenvalue weighted by Crippen LogP contribution is 2.04. The van der Waals surface area contributed by atoms with Gasteiger partial charge in [0.15, 0.2) is 0 Å². The van der Waals surface area contributed by atoms with E-state index in [1.165, 1.54) is 0 Å². The molecule has 18 heavy (non-hydrogen) atoms. The van der Waals surface area contributed by atoms with E-state index >= 15 is 0 Å². The van der Waals surface area contributed by atoms with E-state index in [0.717, 1.165) is 13.1 Å². The number of hydrogen-bond donors (Lipinski definition) is 2. The zero-order valence-electron chi connectivity index (χ0n) is 10.2. The minimum atomic E-state index is -0.314.